The molecule has 2 aromatic carbocycles. The third kappa shape index (κ3) is 2.23. The van der Waals surface area contributed by atoms with Gasteiger partial charge in [-0.05, 0) is 57.0 Å². The molecule has 2 aromatic rings. The van der Waals surface area contributed by atoms with Gasteiger partial charge in [0.2, 0.25) is 17.7 Å². The molecule has 3 saturated heterocycles. The summed E-state index contributed by atoms with van der Waals surface area (Å²) in [6.07, 6.45) is 1.74. The van der Waals surface area contributed by atoms with Crippen LogP contribution >= 0.6 is 15.9 Å². The molecule has 0 bridgehead atoms. The Morgan fingerprint density at radius 1 is 1.10 bits per heavy atom. The van der Waals surface area contributed by atoms with E-state index in [1.807, 2.05) is 38.1 Å². The van der Waals surface area contributed by atoms with Crippen molar-refractivity contribution in [3.05, 3.63) is 57.6 Å². The van der Waals surface area contributed by atoms with Crippen LogP contribution in [0, 0.1) is 25.7 Å². The fourth-order valence-electron chi connectivity index (χ4n) is 6.53. The smallest absolute Gasteiger partial charge is 0.250 e. The zero-order chi connectivity index (χ0) is 21.7. The molecule has 4 atom stereocenters. The molecule has 3 fully saturated rings. The Bertz CT molecular complexity index is 1190. The Hall–Kier alpha value is -2.51. The molecule has 31 heavy (non-hydrogen) atoms. The Balaban J connectivity index is 1.58. The molecule has 0 saturated carbocycles. The van der Waals surface area contributed by atoms with Crippen LogP contribution in [0.25, 0.3) is 0 Å². The Kier molecular flexibility index (Phi) is 3.88. The molecule has 158 valence electrons. The number of imide groups is 1. The van der Waals surface area contributed by atoms with Crippen molar-refractivity contribution in [2.75, 3.05) is 16.8 Å². The van der Waals surface area contributed by atoms with Crippen LogP contribution in [-0.4, -0.2) is 35.2 Å². The standard InChI is InChI=1S/C24H22BrN3O3/c1-12-9-13(2)20-16(10-12)24(23(31)26-20)19-18(17-7-4-8-27(17)24)21(29)28(22(19)30)15-6-3-5-14(25)11-15/h3,5-6,9-11,17-19H,4,7-8H2,1-2H3,(H,26,31)/t17-,18-,19-,24+/m1/s1. The van der Waals surface area contributed by atoms with Crippen LogP contribution in [0.3, 0.4) is 0 Å². The minimum atomic E-state index is -1.12. The van der Waals surface area contributed by atoms with Gasteiger partial charge in [0.15, 0.2) is 0 Å². The van der Waals surface area contributed by atoms with Gasteiger partial charge in [-0.25, -0.2) is 4.90 Å². The summed E-state index contributed by atoms with van der Waals surface area (Å²) in [5.41, 5.74) is 3.12. The number of nitrogens with zero attached hydrogens (tertiary/aromatic N) is 2. The number of fused-ring (bicyclic) bond motifs is 7. The van der Waals surface area contributed by atoms with Gasteiger partial charge in [0.05, 0.1) is 17.5 Å². The Morgan fingerprint density at radius 3 is 2.68 bits per heavy atom. The average Bonchev–Trinajstić information content (AvgIpc) is 3.41. The van der Waals surface area contributed by atoms with Crippen molar-refractivity contribution < 1.29 is 14.4 Å². The van der Waals surface area contributed by atoms with Crippen molar-refractivity contribution >= 4 is 45.0 Å². The number of anilines is 2. The lowest BCUT2D eigenvalue weighted by Gasteiger charge is -2.36. The van der Waals surface area contributed by atoms with Crippen LogP contribution in [0.5, 0.6) is 0 Å². The molecule has 4 aliphatic rings. The lowest BCUT2D eigenvalue weighted by Crippen LogP contribution is -2.54. The highest BCUT2D eigenvalue weighted by Crippen LogP contribution is 2.61. The van der Waals surface area contributed by atoms with Crippen molar-refractivity contribution in [2.24, 2.45) is 11.8 Å². The van der Waals surface area contributed by atoms with E-state index in [1.54, 1.807) is 12.1 Å². The normalized spacial score (nSPS) is 31.4. The van der Waals surface area contributed by atoms with Gasteiger partial charge >= 0.3 is 0 Å². The van der Waals surface area contributed by atoms with Crippen molar-refractivity contribution in [1.82, 2.24) is 4.90 Å². The largest absolute Gasteiger partial charge is 0.324 e. The van der Waals surface area contributed by atoms with E-state index in [9.17, 15) is 14.4 Å². The summed E-state index contributed by atoms with van der Waals surface area (Å²) in [5.74, 6) is -1.86. The number of hydrogen-bond donors (Lipinski definition) is 1. The second kappa shape index (κ2) is 6.26. The molecule has 3 amide bonds. The number of rotatable bonds is 1. The zero-order valence-electron chi connectivity index (χ0n) is 17.3. The lowest BCUT2D eigenvalue weighted by atomic mass is 9.75. The first kappa shape index (κ1) is 19.2. The third-order valence-corrected chi connectivity index (χ3v) is 8.00. The van der Waals surface area contributed by atoms with Crippen LogP contribution < -0.4 is 10.2 Å². The molecule has 6 nitrogen and oxygen atoms in total. The molecule has 4 aliphatic heterocycles. The molecule has 0 aromatic heterocycles. The first-order valence-electron chi connectivity index (χ1n) is 10.7. The van der Waals surface area contributed by atoms with Crippen LogP contribution in [0.4, 0.5) is 11.4 Å². The number of carbonyl (C=O) groups excluding carboxylic acids is 3. The summed E-state index contributed by atoms with van der Waals surface area (Å²) in [6, 6.07) is 11.2. The maximum absolute atomic E-state index is 13.9. The highest BCUT2D eigenvalue weighted by molar-refractivity contribution is 9.10. The molecule has 1 N–H and O–H groups in total. The molecular formula is C24H22BrN3O3. The molecule has 0 radical (unpaired) electrons. The quantitative estimate of drug-likeness (QED) is 0.635. The van der Waals surface area contributed by atoms with E-state index < -0.39 is 17.4 Å². The number of halogens is 1. The predicted molar refractivity (Wildman–Crippen MR) is 120 cm³/mol. The average molecular weight is 480 g/mol. The van der Waals surface area contributed by atoms with Crippen molar-refractivity contribution in [2.45, 2.75) is 38.3 Å². The fraction of sp³-hybridized carbons (Fsp3) is 0.375. The maximum Gasteiger partial charge on any atom is 0.250 e. The van der Waals surface area contributed by atoms with Gasteiger partial charge in [-0.3, -0.25) is 19.3 Å². The summed E-state index contributed by atoms with van der Waals surface area (Å²) < 4.78 is 0.801. The molecule has 6 rings (SSSR count). The Morgan fingerprint density at radius 2 is 1.90 bits per heavy atom. The minimum Gasteiger partial charge on any atom is -0.324 e. The first-order chi connectivity index (χ1) is 14.9. The van der Waals surface area contributed by atoms with E-state index in [-0.39, 0.29) is 23.8 Å². The predicted octanol–water partition coefficient (Wildman–Crippen LogP) is 3.50. The molecule has 7 heteroatoms. The van der Waals surface area contributed by atoms with Crippen molar-refractivity contribution in [3.8, 4) is 0 Å². The van der Waals surface area contributed by atoms with Crippen LogP contribution in [0.15, 0.2) is 40.9 Å². The van der Waals surface area contributed by atoms with Gasteiger partial charge in [-0.2, -0.15) is 0 Å². The fourth-order valence-corrected chi connectivity index (χ4v) is 6.92. The zero-order valence-corrected chi connectivity index (χ0v) is 18.9. The summed E-state index contributed by atoms with van der Waals surface area (Å²) >= 11 is 3.44. The topological polar surface area (TPSA) is 69.7 Å². The SMILES string of the molecule is Cc1cc(C)c2c(c1)[C@@]1(C(=O)N2)[C@H]2C(=O)N(c3cccc(Br)c3)C(=O)[C@@H]2[C@H]2CCCN21. The molecular weight excluding hydrogens is 458 g/mol. The number of nitrogens with one attached hydrogen (secondary N) is 1. The van der Waals surface area contributed by atoms with Crippen molar-refractivity contribution in [3.63, 3.8) is 0 Å². The van der Waals surface area contributed by atoms with Gasteiger partial charge in [0.1, 0.15) is 5.54 Å². The van der Waals surface area contributed by atoms with E-state index in [0.29, 0.717) is 5.69 Å². The highest BCUT2D eigenvalue weighted by atomic mass is 79.9. The summed E-state index contributed by atoms with van der Waals surface area (Å²) in [7, 11) is 0. The number of hydrogen-bond acceptors (Lipinski definition) is 4. The van der Waals surface area contributed by atoms with Crippen LogP contribution in [0.2, 0.25) is 0 Å². The van der Waals surface area contributed by atoms with Gasteiger partial charge < -0.3 is 5.32 Å². The summed E-state index contributed by atoms with van der Waals surface area (Å²) in [6.45, 7) is 4.70. The van der Waals surface area contributed by atoms with Crippen LogP contribution in [-0.2, 0) is 19.9 Å². The summed E-state index contributed by atoms with van der Waals surface area (Å²) in [5, 5.41) is 3.08. The molecule has 0 unspecified atom stereocenters. The van der Waals surface area contributed by atoms with Crippen LogP contribution in [0.1, 0.15) is 29.5 Å². The molecule has 4 heterocycles. The second-order valence-electron chi connectivity index (χ2n) is 9.12. The van der Waals surface area contributed by atoms with E-state index in [2.05, 4.69) is 26.1 Å². The number of benzene rings is 2. The second-order valence-corrected chi connectivity index (χ2v) is 10.0. The number of amides is 3. The number of aryl methyl sites for hydroxylation is 2. The third-order valence-electron chi connectivity index (χ3n) is 7.51. The molecule has 0 aliphatic carbocycles. The van der Waals surface area contributed by atoms with Gasteiger partial charge in [0, 0.05) is 21.8 Å². The molecule has 1 spiro atoms. The lowest BCUT2D eigenvalue weighted by molar-refractivity contribution is -0.135. The minimum absolute atomic E-state index is 0.101. The van der Waals surface area contributed by atoms with Gasteiger partial charge in [0.25, 0.3) is 0 Å². The van der Waals surface area contributed by atoms with Gasteiger partial charge in [-0.1, -0.05) is 39.7 Å². The van der Waals surface area contributed by atoms with Gasteiger partial charge in [-0.15, -0.1) is 0 Å². The van der Waals surface area contributed by atoms with E-state index in [1.165, 1.54) is 4.90 Å². The first-order valence-corrected chi connectivity index (χ1v) is 11.5. The number of carbonyl (C=O) groups is 3. The van der Waals surface area contributed by atoms with E-state index in [4.69, 9.17) is 0 Å². The maximum atomic E-state index is 13.9. The van der Waals surface area contributed by atoms with Crippen molar-refractivity contribution in [1.29, 1.82) is 0 Å². The van der Waals surface area contributed by atoms with E-state index >= 15 is 0 Å². The van der Waals surface area contributed by atoms with E-state index in [0.717, 1.165) is 46.2 Å². The monoisotopic (exact) mass is 479 g/mol. The summed E-state index contributed by atoms with van der Waals surface area (Å²) in [4.78, 5) is 44.8. The Labute approximate surface area is 188 Å². The highest BCUT2D eigenvalue weighted by Gasteiger charge is 2.74.